The molecule has 3 fully saturated rings. The molecule has 2 aliphatic heterocycles. The predicted octanol–water partition coefficient (Wildman–Crippen LogP) is 3.23. The second-order valence-corrected chi connectivity index (χ2v) is 10.00. The first-order valence-electron chi connectivity index (χ1n) is 11.7. The maximum absolute atomic E-state index is 5.05. The molecule has 5 nitrogen and oxygen atoms in total. The first-order valence-corrected chi connectivity index (χ1v) is 11.7. The van der Waals surface area contributed by atoms with Gasteiger partial charge in [-0.15, -0.1) is 0 Å². The first-order chi connectivity index (χ1) is 13.6. The molecular formula is C23H37N5. The zero-order valence-electron chi connectivity index (χ0n) is 17.9. The van der Waals surface area contributed by atoms with E-state index in [0.29, 0.717) is 0 Å². The van der Waals surface area contributed by atoms with Crippen LogP contribution in [0.2, 0.25) is 0 Å². The van der Waals surface area contributed by atoms with Crippen molar-refractivity contribution in [2.75, 3.05) is 45.2 Å². The molecule has 5 rings (SSSR count). The van der Waals surface area contributed by atoms with Gasteiger partial charge in [-0.1, -0.05) is 12.8 Å². The van der Waals surface area contributed by atoms with Crippen molar-refractivity contribution in [3.63, 3.8) is 0 Å². The Labute approximate surface area is 170 Å². The van der Waals surface area contributed by atoms with Crippen molar-refractivity contribution in [3.05, 3.63) is 17.5 Å². The van der Waals surface area contributed by atoms with Crippen LogP contribution in [0.5, 0.6) is 0 Å². The lowest BCUT2D eigenvalue weighted by Gasteiger charge is -2.47. The zero-order chi connectivity index (χ0) is 19.1. The second-order valence-electron chi connectivity index (χ2n) is 10.00. The van der Waals surface area contributed by atoms with Crippen molar-refractivity contribution < 1.29 is 0 Å². The zero-order valence-corrected chi connectivity index (χ0v) is 17.9. The smallest absolute Gasteiger partial charge is 0.225 e. The molecule has 1 aromatic heterocycles. The van der Waals surface area contributed by atoms with Gasteiger partial charge in [0.05, 0.1) is 5.69 Å². The Morgan fingerprint density at radius 2 is 1.68 bits per heavy atom. The number of aromatic nitrogens is 2. The summed E-state index contributed by atoms with van der Waals surface area (Å²) in [5.74, 6) is 0.877. The van der Waals surface area contributed by atoms with Gasteiger partial charge in [-0.3, -0.25) is 4.90 Å². The van der Waals surface area contributed by atoms with Crippen LogP contribution < -0.4 is 4.90 Å². The summed E-state index contributed by atoms with van der Waals surface area (Å²) < 4.78 is 0. The van der Waals surface area contributed by atoms with Crippen molar-refractivity contribution in [1.82, 2.24) is 19.8 Å². The first kappa shape index (κ1) is 18.8. The highest BCUT2D eigenvalue weighted by Gasteiger charge is 2.45. The number of fused-ring (bicyclic) bond motifs is 2. The van der Waals surface area contributed by atoms with Gasteiger partial charge >= 0.3 is 0 Å². The van der Waals surface area contributed by atoms with Gasteiger partial charge in [-0.25, -0.2) is 9.97 Å². The number of rotatable bonds is 3. The average Bonchev–Trinajstić information content (AvgIpc) is 3.37. The molecule has 154 valence electrons. The van der Waals surface area contributed by atoms with E-state index >= 15 is 0 Å². The number of anilines is 1. The van der Waals surface area contributed by atoms with Gasteiger partial charge in [0, 0.05) is 44.3 Å². The third-order valence-corrected chi connectivity index (χ3v) is 8.09. The number of likely N-dealkylation sites (tertiary alicyclic amines) is 2. The Morgan fingerprint density at radius 1 is 0.929 bits per heavy atom. The maximum atomic E-state index is 5.05. The SMILES string of the molecule is CN(C)c1ncc2c(n1)C1(CCCN(C3CCN(C4CCCC4)CC3)C1)CC2. The molecule has 4 aliphatic rings. The number of hydrogen-bond donors (Lipinski definition) is 0. The topological polar surface area (TPSA) is 35.5 Å². The van der Waals surface area contributed by atoms with E-state index in [1.54, 1.807) is 0 Å². The third-order valence-electron chi connectivity index (χ3n) is 8.09. The van der Waals surface area contributed by atoms with Gasteiger partial charge in [-0.2, -0.15) is 0 Å². The van der Waals surface area contributed by atoms with Crippen LogP contribution in [0.25, 0.3) is 0 Å². The van der Waals surface area contributed by atoms with Crippen LogP contribution in [0.3, 0.4) is 0 Å². The van der Waals surface area contributed by atoms with Crippen LogP contribution >= 0.6 is 0 Å². The Hall–Kier alpha value is -1.20. The van der Waals surface area contributed by atoms with Gasteiger partial charge in [-0.05, 0) is 76.6 Å². The van der Waals surface area contributed by atoms with E-state index in [0.717, 1.165) is 24.5 Å². The molecule has 0 aromatic carbocycles. The van der Waals surface area contributed by atoms with Gasteiger partial charge in [0.2, 0.25) is 5.95 Å². The van der Waals surface area contributed by atoms with Crippen LogP contribution in [-0.4, -0.2) is 72.1 Å². The van der Waals surface area contributed by atoms with Crippen molar-refractivity contribution in [2.45, 2.75) is 81.7 Å². The standard InChI is InChI=1S/C23H37N5/c1-26(2)22-24-16-18-8-12-23(21(18)25-22)11-5-13-28(17-23)20-9-14-27(15-10-20)19-6-3-4-7-19/h16,19-20H,3-15,17H2,1-2H3. The third kappa shape index (κ3) is 3.35. The van der Waals surface area contributed by atoms with E-state index in [9.17, 15) is 0 Å². The van der Waals surface area contributed by atoms with Gasteiger partial charge in [0.15, 0.2) is 0 Å². The average molecular weight is 384 g/mol. The minimum Gasteiger partial charge on any atom is -0.347 e. The Morgan fingerprint density at radius 3 is 2.43 bits per heavy atom. The highest BCUT2D eigenvalue weighted by Crippen LogP contribution is 2.45. The Bertz CT molecular complexity index is 686. The molecule has 1 saturated carbocycles. The minimum absolute atomic E-state index is 0.282. The fraction of sp³-hybridized carbons (Fsp3) is 0.826. The summed E-state index contributed by atoms with van der Waals surface area (Å²) in [5, 5.41) is 0. The van der Waals surface area contributed by atoms with Gasteiger partial charge in [0.1, 0.15) is 0 Å². The molecule has 1 aromatic rings. The van der Waals surface area contributed by atoms with Crippen LogP contribution in [0.1, 0.15) is 69.0 Å². The summed E-state index contributed by atoms with van der Waals surface area (Å²) in [4.78, 5) is 17.3. The van der Waals surface area contributed by atoms with Crippen LogP contribution in [0.4, 0.5) is 5.95 Å². The van der Waals surface area contributed by atoms with E-state index in [4.69, 9.17) is 4.98 Å². The molecule has 0 N–H and O–H groups in total. The highest BCUT2D eigenvalue weighted by atomic mass is 15.2. The van der Waals surface area contributed by atoms with Crippen LogP contribution in [-0.2, 0) is 11.8 Å². The molecule has 3 heterocycles. The number of nitrogens with zero attached hydrogens (tertiary/aromatic N) is 5. The Balaban J connectivity index is 1.28. The molecule has 1 unspecified atom stereocenters. The summed E-state index contributed by atoms with van der Waals surface area (Å²) in [6.45, 7) is 5.15. The normalized spacial score (nSPS) is 30.2. The summed E-state index contributed by atoms with van der Waals surface area (Å²) >= 11 is 0. The van der Waals surface area contributed by atoms with Crippen molar-refractivity contribution in [2.24, 2.45) is 0 Å². The summed E-state index contributed by atoms with van der Waals surface area (Å²) in [6.07, 6.45) is 15.7. The summed E-state index contributed by atoms with van der Waals surface area (Å²) in [7, 11) is 4.10. The molecule has 1 spiro atoms. The molecule has 0 bridgehead atoms. The highest BCUT2D eigenvalue weighted by molar-refractivity contribution is 5.39. The molecule has 5 heteroatoms. The molecular weight excluding hydrogens is 346 g/mol. The number of hydrogen-bond acceptors (Lipinski definition) is 5. The number of aryl methyl sites for hydroxylation is 1. The fourth-order valence-electron chi connectivity index (χ4n) is 6.51. The molecule has 0 amide bonds. The van der Waals surface area contributed by atoms with Gasteiger partial charge < -0.3 is 9.80 Å². The molecule has 2 saturated heterocycles. The summed E-state index contributed by atoms with van der Waals surface area (Å²) in [5.41, 5.74) is 3.06. The summed E-state index contributed by atoms with van der Waals surface area (Å²) in [6, 6.07) is 1.69. The van der Waals surface area contributed by atoms with Crippen LogP contribution in [0.15, 0.2) is 6.20 Å². The molecule has 0 radical (unpaired) electrons. The fourth-order valence-corrected chi connectivity index (χ4v) is 6.51. The van der Waals surface area contributed by atoms with Crippen molar-refractivity contribution in [3.8, 4) is 0 Å². The predicted molar refractivity (Wildman–Crippen MR) is 114 cm³/mol. The van der Waals surface area contributed by atoms with Gasteiger partial charge in [0.25, 0.3) is 0 Å². The van der Waals surface area contributed by atoms with E-state index in [2.05, 4.69) is 35.1 Å². The molecule has 2 aliphatic carbocycles. The molecule has 1 atom stereocenters. The van der Waals surface area contributed by atoms with E-state index in [1.807, 2.05) is 4.90 Å². The lowest BCUT2D eigenvalue weighted by atomic mass is 9.76. The van der Waals surface area contributed by atoms with Crippen molar-refractivity contribution in [1.29, 1.82) is 0 Å². The van der Waals surface area contributed by atoms with E-state index in [1.165, 1.54) is 95.2 Å². The monoisotopic (exact) mass is 383 g/mol. The van der Waals surface area contributed by atoms with Crippen molar-refractivity contribution >= 4 is 5.95 Å². The quantitative estimate of drug-likeness (QED) is 0.801. The Kier molecular flexibility index (Phi) is 5.08. The molecule has 28 heavy (non-hydrogen) atoms. The van der Waals surface area contributed by atoms with Crippen LogP contribution in [0, 0.1) is 0 Å². The number of piperidine rings is 2. The largest absolute Gasteiger partial charge is 0.347 e. The lowest BCUT2D eigenvalue weighted by Crippen LogP contribution is -2.53. The minimum atomic E-state index is 0.282. The lowest BCUT2D eigenvalue weighted by molar-refractivity contribution is 0.0465. The van der Waals surface area contributed by atoms with E-state index in [-0.39, 0.29) is 5.41 Å². The maximum Gasteiger partial charge on any atom is 0.225 e. The van der Waals surface area contributed by atoms with E-state index < -0.39 is 0 Å². The second kappa shape index (κ2) is 7.56.